The topological polar surface area (TPSA) is 96.7 Å². The van der Waals surface area contributed by atoms with Gasteiger partial charge in [0.25, 0.3) is 5.91 Å². The smallest absolute Gasteiger partial charge is 0.266 e. The minimum atomic E-state index is -3.49. The van der Waals surface area contributed by atoms with Gasteiger partial charge in [-0.1, -0.05) is 0 Å². The Labute approximate surface area is 198 Å². The average molecular weight is 488 g/mol. The number of likely N-dealkylation sites (tertiary alicyclic amines) is 1. The molecular weight excluding hydrogens is 458 g/mol. The van der Waals surface area contributed by atoms with E-state index in [4.69, 9.17) is 10.1 Å². The van der Waals surface area contributed by atoms with Crippen LogP contribution in [-0.4, -0.2) is 46.6 Å². The van der Waals surface area contributed by atoms with Crippen LogP contribution in [0.5, 0.6) is 0 Å². The molecule has 3 aromatic rings. The Morgan fingerprint density at radius 3 is 2.61 bits per heavy atom. The van der Waals surface area contributed by atoms with Crippen molar-refractivity contribution < 1.29 is 13.2 Å². The van der Waals surface area contributed by atoms with Gasteiger partial charge < -0.3 is 4.90 Å². The van der Waals surface area contributed by atoms with E-state index >= 15 is 0 Å². The van der Waals surface area contributed by atoms with Crippen LogP contribution >= 0.6 is 11.3 Å². The van der Waals surface area contributed by atoms with E-state index in [9.17, 15) is 13.2 Å². The fraction of sp³-hybridized carbons (Fsp3) is 0.522. The number of piperidine rings is 1. The molecule has 0 bridgehead atoms. The number of hydrogen-bond acceptors (Lipinski definition) is 6. The van der Waals surface area contributed by atoms with Gasteiger partial charge in [-0.3, -0.25) is 9.52 Å². The number of aryl methyl sites for hydroxylation is 2. The van der Waals surface area contributed by atoms with E-state index in [0.717, 1.165) is 47.4 Å². The van der Waals surface area contributed by atoms with Crippen LogP contribution in [0.1, 0.15) is 81.3 Å². The summed E-state index contributed by atoms with van der Waals surface area (Å²) in [4.78, 5) is 21.7. The summed E-state index contributed by atoms with van der Waals surface area (Å²) >= 11 is 1.32. The number of rotatable bonds is 5. The lowest BCUT2D eigenvalue weighted by Gasteiger charge is -2.34. The number of nitrogens with zero attached hydrogens (tertiary/aromatic N) is 4. The highest BCUT2D eigenvalue weighted by molar-refractivity contribution is 7.92. The zero-order valence-electron chi connectivity index (χ0n) is 19.4. The van der Waals surface area contributed by atoms with Crippen LogP contribution in [0.15, 0.2) is 12.1 Å². The van der Waals surface area contributed by atoms with Crippen molar-refractivity contribution in [3.8, 4) is 0 Å². The Morgan fingerprint density at radius 2 is 1.91 bits per heavy atom. The number of sulfonamides is 1. The lowest BCUT2D eigenvalue weighted by Crippen LogP contribution is -2.38. The summed E-state index contributed by atoms with van der Waals surface area (Å²) < 4.78 is 28.1. The molecule has 1 saturated heterocycles. The lowest BCUT2D eigenvalue weighted by atomic mass is 9.99. The number of anilines is 1. The third-order valence-corrected chi connectivity index (χ3v) is 8.23. The van der Waals surface area contributed by atoms with Crippen molar-refractivity contribution in [3.63, 3.8) is 0 Å². The van der Waals surface area contributed by atoms with E-state index < -0.39 is 10.0 Å². The van der Waals surface area contributed by atoms with Gasteiger partial charge in [0.15, 0.2) is 5.65 Å². The molecule has 1 N–H and O–H groups in total. The van der Waals surface area contributed by atoms with Gasteiger partial charge in [0, 0.05) is 29.1 Å². The Hall–Kier alpha value is -2.46. The first-order valence-corrected chi connectivity index (χ1v) is 14.1. The van der Waals surface area contributed by atoms with Crippen molar-refractivity contribution in [2.24, 2.45) is 0 Å². The van der Waals surface area contributed by atoms with Gasteiger partial charge >= 0.3 is 0 Å². The molecule has 4 heterocycles. The third-order valence-electron chi connectivity index (χ3n) is 6.60. The molecule has 1 aliphatic heterocycles. The van der Waals surface area contributed by atoms with E-state index in [0.29, 0.717) is 23.0 Å². The van der Waals surface area contributed by atoms with Crippen molar-refractivity contribution >= 4 is 38.6 Å². The van der Waals surface area contributed by atoms with Crippen LogP contribution in [0.4, 0.5) is 5.69 Å². The van der Waals surface area contributed by atoms with E-state index in [1.165, 1.54) is 35.4 Å². The molecule has 176 valence electrons. The van der Waals surface area contributed by atoms with Crippen LogP contribution in [0.3, 0.4) is 0 Å². The number of fused-ring (bicyclic) bond motifs is 1. The van der Waals surface area contributed by atoms with E-state index in [1.807, 2.05) is 22.4 Å². The average Bonchev–Trinajstić information content (AvgIpc) is 3.41. The number of hydrogen-bond donors (Lipinski definition) is 1. The third kappa shape index (κ3) is 4.26. The van der Waals surface area contributed by atoms with E-state index in [-0.39, 0.29) is 11.9 Å². The monoisotopic (exact) mass is 487 g/mol. The van der Waals surface area contributed by atoms with E-state index in [1.54, 1.807) is 6.07 Å². The minimum Gasteiger partial charge on any atom is -0.329 e. The molecule has 0 spiro atoms. The van der Waals surface area contributed by atoms with E-state index in [2.05, 4.69) is 18.6 Å². The van der Waals surface area contributed by atoms with Crippen molar-refractivity contribution in [1.82, 2.24) is 19.5 Å². The maximum absolute atomic E-state index is 13.6. The van der Waals surface area contributed by atoms with Gasteiger partial charge in [-0.05, 0) is 64.5 Å². The molecule has 8 nitrogen and oxygen atoms in total. The quantitative estimate of drug-likeness (QED) is 0.578. The molecule has 0 radical (unpaired) electrons. The molecular formula is C23H29N5O3S2. The summed E-state index contributed by atoms with van der Waals surface area (Å²) in [7, 11) is -3.49. The Morgan fingerprint density at radius 1 is 1.15 bits per heavy atom. The maximum atomic E-state index is 13.6. The van der Waals surface area contributed by atoms with Gasteiger partial charge in [0.1, 0.15) is 4.88 Å². The molecule has 0 aromatic carbocycles. The van der Waals surface area contributed by atoms with Crippen molar-refractivity contribution in [2.75, 3.05) is 17.5 Å². The second-order valence-electron chi connectivity index (χ2n) is 9.31. The summed E-state index contributed by atoms with van der Waals surface area (Å²) in [6, 6.07) is 3.58. The molecule has 5 rings (SSSR count). The summed E-state index contributed by atoms with van der Waals surface area (Å²) in [5.74, 6) is 0.406. The second kappa shape index (κ2) is 8.09. The van der Waals surface area contributed by atoms with Gasteiger partial charge in [-0.2, -0.15) is 5.10 Å². The number of thiophene rings is 1. The normalized spacial score (nSPS) is 19.3. The molecule has 2 aliphatic rings. The summed E-state index contributed by atoms with van der Waals surface area (Å²) in [5.41, 5.74) is 5.49. The molecule has 1 saturated carbocycles. The number of aromatic nitrogens is 3. The van der Waals surface area contributed by atoms with Crippen LogP contribution in [-0.2, 0) is 10.0 Å². The predicted octanol–water partition coefficient (Wildman–Crippen LogP) is 4.33. The van der Waals surface area contributed by atoms with Gasteiger partial charge in [-0.25, -0.2) is 17.9 Å². The first kappa shape index (κ1) is 22.3. The molecule has 2 fully saturated rings. The van der Waals surface area contributed by atoms with Crippen LogP contribution < -0.4 is 4.72 Å². The molecule has 10 heteroatoms. The number of carbonyl (C=O) groups excluding carboxylic acids is 1. The molecule has 0 unspecified atom stereocenters. The highest BCUT2D eigenvalue weighted by Crippen LogP contribution is 2.42. The molecule has 33 heavy (non-hydrogen) atoms. The fourth-order valence-electron chi connectivity index (χ4n) is 4.75. The number of carbonyl (C=O) groups is 1. The fourth-order valence-corrected chi connectivity index (χ4v) is 6.29. The number of nitrogens with one attached hydrogen (secondary N) is 1. The van der Waals surface area contributed by atoms with Gasteiger partial charge in [-0.15, -0.1) is 11.3 Å². The summed E-state index contributed by atoms with van der Waals surface area (Å²) in [5, 5.41) is 4.88. The van der Waals surface area contributed by atoms with Gasteiger partial charge in [0.05, 0.1) is 29.4 Å². The first-order valence-electron chi connectivity index (χ1n) is 11.4. The van der Waals surface area contributed by atoms with Crippen molar-refractivity contribution in [1.29, 1.82) is 0 Å². The Balaban J connectivity index is 1.52. The van der Waals surface area contributed by atoms with Crippen LogP contribution in [0.25, 0.3) is 5.65 Å². The molecule has 1 aliphatic carbocycles. The highest BCUT2D eigenvalue weighted by Gasteiger charge is 2.34. The lowest BCUT2D eigenvalue weighted by molar-refractivity contribution is 0.0612. The standard InChI is InChI=1S/C23H29N5O3S2/c1-13-11-18(26-33(4,30)31)22(32-13)23(29)27-10-6-5-7-19(27)17-12-20-24-21(16-8-9-16)14(2)15(3)28(20)25-17/h11-12,16,19,26H,5-10H2,1-4H3/t19-/m0/s1. The van der Waals surface area contributed by atoms with Crippen LogP contribution in [0.2, 0.25) is 0 Å². The SMILES string of the molecule is Cc1cc(NS(C)(=O)=O)c(C(=O)N2CCCC[C@H]2c2cc3nc(C4CC4)c(C)c(C)n3n2)s1. The molecule has 1 amide bonds. The highest BCUT2D eigenvalue weighted by atomic mass is 32.2. The summed E-state index contributed by atoms with van der Waals surface area (Å²) in [6.07, 6.45) is 6.24. The zero-order valence-corrected chi connectivity index (χ0v) is 21.0. The number of amides is 1. The Bertz CT molecular complexity index is 1350. The predicted molar refractivity (Wildman–Crippen MR) is 130 cm³/mol. The minimum absolute atomic E-state index is 0.152. The zero-order chi connectivity index (χ0) is 23.5. The van der Waals surface area contributed by atoms with Crippen molar-refractivity contribution in [2.45, 2.75) is 64.8 Å². The summed E-state index contributed by atoms with van der Waals surface area (Å²) in [6.45, 7) is 6.68. The molecule has 1 atom stereocenters. The van der Waals surface area contributed by atoms with Crippen molar-refractivity contribution in [3.05, 3.63) is 44.5 Å². The van der Waals surface area contributed by atoms with Crippen LogP contribution in [0, 0.1) is 20.8 Å². The Kier molecular flexibility index (Phi) is 5.48. The largest absolute Gasteiger partial charge is 0.329 e. The molecule has 3 aromatic heterocycles. The maximum Gasteiger partial charge on any atom is 0.266 e. The first-order chi connectivity index (χ1) is 15.6. The second-order valence-corrected chi connectivity index (χ2v) is 12.3. The van der Waals surface area contributed by atoms with Gasteiger partial charge in [0.2, 0.25) is 10.0 Å².